The summed E-state index contributed by atoms with van der Waals surface area (Å²) >= 11 is 0. The summed E-state index contributed by atoms with van der Waals surface area (Å²) in [4.78, 5) is 14.1. The van der Waals surface area contributed by atoms with Crippen molar-refractivity contribution in [2.24, 2.45) is 5.73 Å². The number of piperidine rings is 1. The van der Waals surface area contributed by atoms with Crippen molar-refractivity contribution in [2.45, 2.75) is 25.0 Å². The molecule has 19 heavy (non-hydrogen) atoms. The highest BCUT2D eigenvalue weighted by Gasteiger charge is 2.31. The summed E-state index contributed by atoms with van der Waals surface area (Å²) in [6.07, 6.45) is 1.66. The van der Waals surface area contributed by atoms with Gasteiger partial charge in [0, 0.05) is 31.8 Å². The second-order valence-corrected chi connectivity index (χ2v) is 4.78. The van der Waals surface area contributed by atoms with Gasteiger partial charge in [-0.2, -0.15) is 0 Å². The molecular weight excluding hydrogens is 247 g/mol. The van der Waals surface area contributed by atoms with Gasteiger partial charge in [0.1, 0.15) is 5.82 Å². The summed E-state index contributed by atoms with van der Waals surface area (Å²) in [5.74, 6) is -0.563. The molecule has 2 unspecified atom stereocenters. The van der Waals surface area contributed by atoms with Crippen LogP contribution >= 0.6 is 0 Å². The molecule has 0 aliphatic carbocycles. The molecule has 1 amide bonds. The average molecular weight is 266 g/mol. The number of nitrogens with two attached hydrogens (primary N) is 1. The lowest BCUT2D eigenvalue weighted by Crippen LogP contribution is -2.51. The standard InChI is InChI=1S/C14H19FN2O2/c1-19-13-5-6-17(12(8-13)9-16)14(18)10-3-2-4-11(15)7-10/h2-4,7,12-13H,5-6,8-9,16H2,1H3. The third kappa shape index (κ3) is 3.11. The lowest BCUT2D eigenvalue weighted by Gasteiger charge is -2.38. The Morgan fingerprint density at radius 1 is 1.58 bits per heavy atom. The van der Waals surface area contributed by atoms with E-state index < -0.39 is 5.82 Å². The minimum Gasteiger partial charge on any atom is -0.381 e. The Morgan fingerprint density at radius 2 is 2.37 bits per heavy atom. The van der Waals surface area contributed by atoms with E-state index in [1.807, 2.05) is 0 Å². The summed E-state index contributed by atoms with van der Waals surface area (Å²) in [6, 6.07) is 5.71. The number of nitrogens with zero attached hydrogens (tertiary/aromatic N) is 1. The van der Waals surface area contributed by atoms with E-state index in [9.17, 15) is 9.18 Å². The van der Waals surface area contributed by atoms with Crippen LogP contribution in [0.4, 0.5) is 4.39 Å². The lowest BCUT2D eigenvalue weighted by atomic mass is 9.98. The average Bonchev–Trinajstić information content (AvgIpc) is 2.45. The molecule has 0 aromatic heterocycles. The van der Waals surface area contributed by atoms with Gasteiger partial charge in [0.2, 0.25) is 0 Å². The van der Waals surface area contributed by atoms with Crippen LogP contribution in [0.1, 0.15) is 23.2 Å². The van der Waals surface area contributed by atoms with Crippen molar-refractivity contribution in [3.63, 3.8) is 0 Å². The van der Waals surface area contributed by atoms with Crippen molar-refractivity contribution in [2.75, 3.05) is 20.2 Å². The molecule has 4 nitrogen and oxygen atoms in total. The SMILES string of the molecule is COC1CCN(C(=O)c2cccc(F)c2)C(CN)C1. The maximum absolute atomic E-state index is 13.2. The van der Waals surface area contributed by atoms with Gasteiger partial charge < -0.3 is 15.4 Å². The summed E-state index contributed by atoms with van der Waals surface area (Å²) in [7, 11) is 1.67. The van der Waals surface area contributed by atoms with Crippen molar-refractivity contribution in [3.05, 3.63) is 35.6 Å². The van der Waals surface area contributed by atoms with Gasteiger partial charge in [0.25, 0.3) is 5.91 Å². The molecular formula is C14H19FN2O2. The number of hydrogen-bond acceptors (Lipinski definition) is 3. The van der Waals surface area contributed by atoms with E-state index in [1.54, 1.807) is 24.1 Å². The first kappa shape index (κ1) is 14.0. The molecule has 1 aromatic carbocycles. The van der Waals surface area contributed by atoms with Crippen LogP contribution in [-0.4, -0.2) is 43.2 Å². The Balaban J connectivity index is 2.14. The number of amides is 1. The number of benzene rings is 1. The van der Waals surface area contributed by atoms with Gasteiger partial charge in [-0.15, -0.1) is 0 Å². The molecule has 2 rings (SSSR count). The number of rotatable bonds is 3. The molecule has 1 saturated heterocycles. The van der Waals surface area contributed by atoms with Crippen molar-refractivity contribution in [3.8, 4) is 0 Å². The fourth-order valence-corrected chi connectivity index (χ4v) is 2.51. The van der Waals surface area contributed by atoms with Gasteiger partial charge in [-0.05, 0) is 31.0 Å². The first-order valence-electron chi connectivity index (χ1n) is 6.45. The molecule has 2 N–H and O–H groups in total. The maximum Gasteiger partial charge on any atom is 0.254 e. The number of ether oxygens (including phenoxy) is 1. The predicted octanol–water partition coefficient (Wildman–Crippen LogP) is 1.40. The Bertz CT molecular complexity index is 453. The summed E-state index contributed by atoms with van der Waals surface area (Å²) in [6.45, 7) is 0.983. The van der Waals surface area contributed by atoms with E-state index in [4.69, 9.17) is 10.5 Å². The van der Waals surface area contributed by atoms with Gasteiger partial charge in [-0.1, -0.05) is 6.07 Å². The molecule has 0 spiro atoms. The maximum atomic E-state index is 13.2. The van der Waals surface area contributed by atoms with E-state index in [-0.39, 0.29) is 18.1 Å². The third-order valence-electron chi connectivity index (χ3n) is 3.61. The van der Waals surface area contributed by atoms with Crippen LogP contribution in [0, 0.1) is 5.82 Å². The molecule has 0 saturated carbocycles. The van der Waals surface area contributed by atoms with Crippen LogP contribution in [0.15, 0.2) is 24.3 Å². The van der Waals surface area contributed by atoms with Crippen LogP contribution in [0.2, 0.25) is 0 Å². The first-order chi connectivity index (χ1) is 9.15. The molecule has 0 bridgehead atoms. The van der Waals surface area contributed by atoms with Crippen LogP contribution in [-0.2, 0) is 4.74 Å². The Kier molecular flexibility index (Phi) is 4.50. The van der Waals surface area contributed by atoms with Crippen molar-refractivity contribution < 1.29 is 13.9 Å². The Hall–Kier alpha value is -1.46. The summed E-state index contributed by atoms with van der Waals surface area (Å²) in [5.41, 5.74) is 6.10. The third-order valence-corrected chi connectivity index (χ3v) is 3.61. The number of halogens is 1. The van der Waals surface area contributed by atoms with Crippen molar-refractivity contribution in [1.29, 1.82) is 0 Å². The van der Waals surface area contributed by atoms with E-state index in [2.05, 4.69) is 0 Å². The van der Waals surface area contributed by atoms with E-state index in [0.29, 0.717) is 18.7 Å². The largest absolute Gasteiger partial charge is 0.381 e. The molecule has 0 radical (unpaired) electrons. The van der Waals surface area contributed by atoms with Crippen LogP contribution in [0.3, 0.4) is 0 Å². The topological polar surface area (TPSA) is 55.6 Å². The van der Waals surface area contributed by atoms with Gasteiger partial charge in [-0.25, -0.2) is 4.39 Å². The smallest absolute Gasteiger partial charge is 0.254 e. The second kappa shape index (κ2) is 6.12. The fraction of sp³-hybridized carbons (Fsp3) is 0.500. The van der Waals surface area contributed by atoms with Gasteiger partial charge in [0.05, 0.1) is 6.10 Å². The van der Waals surface area contributed by atoms with Crippen LogP contribution < -0.4 is 5.73 Å². The number of hydrogen-bond donors (Lipinski definition) is 1. The highest BCUT2D eigenvalue weighted by molar-refractivity contribution is 5.94. The number of carbonyl (C=O) groups excluding carboxylic acids is 1. The van der Waals surface area contributed by atoms with Gasteiger partial charge in [-0.3, -0.25) is 4.79 Å². The zero-order valence-corrected chi connectivity index (χ0v) is 11.0. The predicted molar refractivity (Wildman–Crippen MR) is 70.3 cm³/mol. The summed E-state index contributed by atoms with van der Waals surface area (Å²) in [5, 5.41) is 0. The number of methoxy groups -OCH3 is 1. The highest BCUT2D eigenvalue weighted by Crippen LogP contribution is 2.21. The minimum atomic E-state index is -0.401. The highest BCUT2D eigenvalue weighted by atomic mass is 19.1. The summed E-state index contributed by atoms with van der Waals surface area (Å²) < 4.78 is 18.5. The zero-order valence-electron chi connectivity index (χ0n) is 11.0. The fourth-order valence-electron chi connectivity index (χ4n) is 2.51. The van der Waals surface area contributed by atoms with Crippen molar-refractivity contribution in [1.82, 2.24) is 4.90 Å². The molecule has 2 atom stereocenters. The van der Waals surface area contributed by atoms with Crippen molar-refractivity contribution >= 4 is 5.91 Å². The lowest BCUT2D eigenvalue weighted by molar-refractivity contribution is 0.0139. The molecule has 104 valence electrons. The van der Waals surface area contributed by atoms with Gasteiger partial charge >= 0.3 is 0 Å². The normalized spacial score (nSPS) is 23.4. The zero-order chi connectivity index (χ0) is 13.8. The first-order valence-corrected chi connectivity index (χ1v) is 6.45. The number of likely N-dealkylation sites (tertiary alicyclic amines) is 1. The second-order valence-electron chi connectivity index (χ2n) is 4.78. The quantitative estimate of drug-likeness (QED) is 0.900. The molecule has 5 heteroatoms. The molecule has 1 aliphatic rings. The Morgan fingerprint density at radius 3 is 3.00 bits per heavy atom. The molecule has 1 heterocycles. The Labute approximate surface area is 112 Å². The van der Waals surface area contributed by atoms with Crippen LogP contribution in [0.25, 0.3) is 0 Å². The molecule has 1 aromatic rings. The van der Waals surface area contributed by atoms with E-state index in [0.717, 1.165) is 12.8 Å². The molecule has 1 fully saturated rings. The number of carbonyl (C=O) groups is 1. The van der Waals surface area contributed by atoms with E-state index >= 15 is 0 Å². The van der Waals surface area contributed by atoms with Crippen LogP contribution in [0.5, 0.6) is 0 Å². The molecule has 1 aliphatic heterocycles. The minimum absolute atomic E-state index is 0.0468. The van der Waals surface area contributed by atoms with Gasteiger partial charge in [0.15, 0.2) is 0 Å². The monoisotopic (exact) mass is 266 g/mol. The van der Waals surface area contributed by atoms with E-state index in [1.165, 1.54) is 12.1 Å².